The Bertz CT molecular complexity index is 270. The van der Waals surface area contributed by atoms with Crippen LogP contribution in [0.2, 0.25) is 0 Å². The van der Waals surface area contributed by atoms with Crippen molar-refractivity contribution < 1.29 is 5.11 Å². The van der Waals surface area contributed by atoms with Gasteiger partial charge in [0.1, 0.15) is 0 Å². The van der Waals surface area contributed by atoms with Crippen LogP contribution in [0.25, 0.3) is 0 Å². The van der Waals surface area contributed by atoms with E-state index >= 15 is 0 Å². The van der Waals surface area contributed by atoms with Crippen molar-refractivity contribution in [2.45, 2.75) is 77.3 Å². The molecule has 0 spiro atoms. The van der Waals surface area contributed by atoms with Crippen molar-refractivity contribution in [1.29, 1.82) is 0 Å². The fraction of sp³-hybridized carbons (Fsp3) is 1.00. The number of hydrogen-bond acceptors (Lipinski definition) is 3. The minimum atomic E-state index is 0.334. The number of aliphatic hydroxyl groups excluding tert-OH is 1. The van der Waals surface area contributed by atoms with Gasteiger partial charge in [-0.05, 0) is 37.5 Å². The molecule has 0 aliphatic heterocycles. The normalized spacial score (nSPS) is 22.6. The van der Waals surface area contributed by atoms with Crippen LogP contribution >= 0.6 is 0 Å². The first-order valence-corrected chi connectivity index (χ1v) is 8.73. The lowest BCUT2D eigenvalue weighted by Gasteiger charge is -2.43. The lowest BCUT2D eigenvalue weighted by atomic mass is 9.82. The molecular formula is C17H34N2O. The molecule has 2 fully saturated rings. The number of nitrogens with zero attached hydrogens (tertiary/aromatic N) is 1. The Labute approximate surface area is 125 Å². The quantitative estimate of drug-likeness (QED) is 0.682. The summed E-state index contributed by atoms with van der Waals surface area (Å²) in [4.78, 5) is 2.70. The largest absolute Gasteiger partial charge is 0.396 e. The first-order valence-electron chi connectivity index (χ1n) is 8.73. The molecule has 2 N–H and O–H groups in total. The van der Waals surface area contributed by atoms with Crippen LogP contribution in [0.1, 0.15) is 65.2 Å². The van der Waals surface area contributed by atoms with E-state index in [1.54, 1.807) is 0 Å². The molecule has 20 heavy (non-hydrogen) atoms. The average Bonchev–Trinajstić information content (AvgIpc) is 2.80. The topological polar surface area (TPSA) is 35.5 Å². The molecule has 2 aliphatic carbocycles. The standard InChI is InChI=1S/C17H34N2O/c1-15(2)18-13-17(9-3-4-10-17)14-19(11-6-12-20)16-7-5-8-16/h15-16,18,20H,3-14H2,1-2H3. The van der Waals surface area contributed by atoms with E-state index < -0.39 is 0 Å². The van der Waals surface area contributed by atoms with Crippen molar-refractivity contribution in [1.82, 2.24) is 10.2 Å². The Balaban J connectivity index is 1.92. The Hall–Kier alpha value is -0.120. The van der Waals surface area contributed by atoms with Crippen LogP contribution in [-0.2, 0) is 0 Å². The molecule has 0 saturated heterocycles. The summed E-state index contributed by atoms with van der Waals surface area (Å²) in [5.74, 6) is 0. The van der Waals surface area contributed by atoms with E-state index in [-0.39, 0.29) is 0 Å². The monoisotopic (exact) mass is 282 g/mol. The highest BCUT2D eigenvalue weighted by Crippen LogP contribution is 2.40. The summed E-state index contributed by atoms with van der Waals surface area (Å²) in [7, 11) is 0. The van der Waals surface area contributed by atoms with Crippen LogP contribution in [0.3, 0.4) is 0 Å². The van der Waals surface area contributed by atoms with Crippen molar-refractivity contribution in [3.05, 3.63) is 0 Å². The highest BCUT2D eigenvalue weighted by Gasteiger charge is 2.37. The molecule has 118 valence electrons. The summed E-state index contributed by atoms with van der Waals surface area (Å²) in [6.07, 6.45) is 10.7. The zero-order chi connectivity index (χ0) is 14.4. The van der Waals surface area contributed by atoms with Crippen LogP contribution in [0, 0.1) is 5.41 Å². The van der Waals surface area contributed by atoms with Gasteiger partial charge in [0.2, 0.25) is 0 Å². The Kier molecular flexibility index (Phi) is 6.31. The van der Waals surface area contributed by atoms with Gasteiger partial charge in [-0.2, -0.15) is 0 Å². The molecule has 0 amide bonds. The number of aliphatic hydroxyl groups is 1. The summed E-state index contributed by atoms with van der Waals surface area (Å²) in [6.45, 7) is 8.34. The van der Waals surface area contributed by atoms with Gasteiger partial charge in [-0.1, -0.05) is 33.1 Å². The van der Waals surface area contributed by atoms with Crippen LogP contribution in [0.4, 0.5) is 0 Å². The maximum Gasteiger partial charge on any atom is 0.0443 e. The molecule has 2 aliphatic rings. The van der Waals surface area contributed by atoms with Crippen molar-refractivity contribution >= 4 is 0 Å². The van der Waals surface area contributed by atoms with Gasteiger partial charge >= 0.3 is 0 Å². The third kappa shape index (κ3) is 4.44. The molecule has 0 bridgehead atoms. The summed E-state index contributed by atoms with van der Waals surface area (Å²) < 4.78 is 0. The summed E-state index contributed by atoms with van der Waals surface area (Å²) in [5.41, 5.74) is 0.495. The summed E-state index contributed by atoms with van der Waals surface area (Å²) in [6, 6.07) is 1.39. The first kappa shape index (κ1) is 16.3. The van der Waals surface area contributed by atoms with E-state index in [1.807, 2.05) is 0 Å². The molecule has 3 heteroatoms. The van der Waals surface area contributed by atoms with Gasteiger partial charge in [-0.25, -0.2) is 0 Å². The lowest BCUT2D eigenvalue weighted by Crippen LogP contribution is -2.49. The molecule has 0 radical (unpaired) electrons. The maximum atomic E-state index is 9.15. The van der Waals surface area contributed by atoms with Crippen LogP contribution in [0.15, 0.2) is 0 Å². The van der Waals surface area contributed by atoms with Crippen LogP contribution in [-0.4, -0.2) is 48.3 Å². The van der Waals surface area contributed by atoms with Crippen LogP contribution < -0.4 is 5.32 Å². The van der Waals surface area contributed by atoms with Crippen molar-refractivity contribution in [3.63, 3.8) is 0 Å². The van der Waals surface area contributed by atoms with Gasteiger partial charge in [0.05, 0.1) is 0 Å². The molecule has 0 heterocycles. The SMILES string of the molecule is CC(C)NCC1(CN(CCCO)C2CCC2)CCCC1. The van der Waals surface area contributed by atoms with Gasteiger partial charge in [0, 0.05) is 38.3 Å². The van der Waals surface area contributed by atoms with E-state index in [9.17, 15) is 0 Å². The third-order valence-corrected chi connectivity index (χ3v) is 5.28. The van der Waals surface area contributed by atoms with Gasteiger partial charge in [-0.15, -0.1) is 0 Å². The van der Waals surface area contributed by atoms with E-state index in [4.69, 9.17) is 5.11 Å². The maximum absolute atomic E-state index is 9.15. The van der Waals surface area contributed by atoms with Gasteiger partial charge in [0.25, 0.3) is 0 Å². The number of hydrogen-bond donors (Lipinski definition) is 2. The summed E-state index contributed by atoms with van der Waals surface area (Å²) >= 11 is 0. The van der Waals surface area contributed by atoms with Gasteiger partial charge < -0.3 is 10.4 Å². The molecule has 0 aromatic carbocycles. The van der Waals surface area contributed by atoms with Crippen molar-refractivity contribution in [2.24, 2.45) is 5.41 Å². The molecule has 3 nitrogen and oxygen atoms in total. The molecule has 0 aromatic rings. The van der Waals surface area contributed by atoms with Crippen molar-refractivity contribution in [2.75, 3.05) is 26.2 Å². The predicted molar refractivity (Wildman–Crippen MR) is 85.0 cm³/mol. The van der Waals surface area contributed by atoms with E-state index in [0.717, 1.165) is 19.0 Å². The summed E-state index contributed by atoms with van der Waals surface area (Å²) in [5, 5.41) is 12.8. The highest BCUT2D eigenvalue weighted by atomic mass is 16.3. The zero-order valence-corrected chi connectivity index (χ0v) is 13.5. The number of rotatable bonds is 9. The van der Waals surface area contributed by atoms with Gasteiger partial charge in [0.15, 0.2) is 0 Å². The Morgan fingerprint density at radius 3 is 2.40 bits per heavy atom. The minimum Gasteiger partial charge on any atom is -0.396 e. The average molecular weight is 282 g/mol. The Morgan fingerprint density at radius 1 is 1.20 bits per heavy atom. The zero-order valence-electron chi connectivity index (χ0n) is 13.5. The van der Waals surface area contributed by atoms with Gasteiger partial charge in [-0.3, -0.25) is 4.90 Å². The van der Waals surface area contributed by atoms with Crippen LogP contribution in [0.5, 0.6) is 0 Å². The second-order valence-corrected chi connectivity index (χ2v) is 7.38. The molecular weight excluding hydrogens is 248 g/mol. The van der Waals surface area contributed by atoms with E-state index in [0.29, 0.717) is 18.1 Å². The molecule has 0 aromatic heterocycles. The van der Waals surface area contributed by atoms with Crippen molar-refractivity contribution in [3.8, 4) is 0 Å². The highest BCUT2D eigenvalue weighted by molar-refractivity contribution is 4.92. The van der Waals surface area contributed by atoms with E-state index in [2.05, 4.69) is 24.1 Å². The molecule has 2 saturated carbocycles. The van der Waals surface area contributed by atoms with E-state index in [1.165, 1.54) is 58.0 Å². The first-order chi connectivity index (χ1) is 9.65. The smallest absolute Gasteiger partial charge is 0.0443 e. The third-order valence-electron chi connectivity index (χ3n) is 5.28. The second-order valence-electron chi connectivity index (χ2n) is 7.38. The Morgan fingerprint density at radius 2 is 1.90 bits per heavy atom. The predicted octanol–water partition coefficient (Wildman–Crippen LogP) is 2.78. The second kappa shape index (κ2) is 7.77. The minimum absolute atomic E-state index is 0.334. The molecule has 0 unspecified atom stereocenters. The lowest BCUT2D eigenvalue weighted by molar-refractivity contribution is 0.0626. The molecule has 2 rings (SSSR count). The fourth-order valence-corrected chi connectivity index (χ4v) is 3.78. The fourth-order valence-electron chi connectivity index (χ4n) is 3.78. The number of nitrogens with one attached hydrogen (secondary N) is 1. The molecule has 0 atom stereocenters.